The summed E-state index contributed by atoms with van der Waals surface area (Å²) < 4.78 is 0.426. The first-order valence-corrected chi connectivity index (χ1v) is 5.85. The maximum absolute atomic E-state index is 11.0. The Kier molecular flexibility index (Phi) is 7.46. The Bertz CT molecular complexity index is 201. The SMILES string of the molecule is O.O.O.O=C(O)C1C2CCC(CC2)[CH]1[Ge]. The quantitative estimate of drug-likeness (QED) is 0.616. The van der Waals surface area contributed by atoms with Gasteiger partial charge >= 0.3 is 80.6 Å². The molecule has 3 saturated carbocycles. The van der Waals surface area contributed by atoms with Crippen molar-refractivity contribution < 1.29 is 26.3 Å². The van der Waals surface area contributed by atoms with E-state index in [1.165, 1.54) is 12.8 Å². The molecule has 15 heavy (non-hydrogen) atoms. The van der Waals surface area contributed by atoms with Crippen molar-refractivity contribution >= 4 is 22.5 Å². The second-order valence-corrected chi connectivity index (χ2v) is 5.46. The van der Waals surface area contributed by atoms with Gasteiger partial charge in [-0.15, -0.1) is 0 Å². The molecule has 3 radical (unpaired) electrons. The van der Waals surface area contributed by atoms with Crippen LogP contribution in [0.2, 0.25) is 4.75 Å². The first-order chi connectivity index (χ1) is 5.70. The van der Waals surface area contributed by atoms with Gasteiger partial charge in [-0.2, -0.15) is 0 Å². The number of aliphatic carboxylic acids is 1. The first-order valence-electron chi connectivity index (χ1n) is 4.64. The van der Waals surface area contributed by atoms with Gasteiger partial charge in [0.2, 0.25) is 0 Å². The van der Waals surface area contributed by atoms with Crippen LogP contribution in [0.15, 0.2) is 0 Å². The Morgan fingerprint density at radius 2 is 1.40 bits per heavy atom. The molecule has 3 rings (SSSR count). The molecule has 0 aliphatic heterocycles. The first kappa shape index (κ1) is 17.3. The predicted molar refractivity (Wildman–Crippen MR) is 56.9 cm³/mol. The molecule has 0 aromatic rings. The van der Waals surface area contributed by atoms with Gasteiger partial charge in [0, 0.05) is 0 Å². The van der Waals surface area contributed by atoms with E-state index in [0.29, 0.717) is 16.6 Å². The number of carboxylic acids is 1. The van der Waals surface area contributed by atoms with Crippen LogP contribution in [0.3, 0.4) is 0 Å². The predicted octanol–water partition coefficient (Wildman–Crippen LogP) is -1.01. The molecule has 3 fully saturated rings. The van der Waals surface area contributed by atoms with Crippen LogP contribution >= 0.6 is 0 Å². The van der Waals surface area contributed by atoms with Crippen molar-refractivity contribution in [3.05, 3.63) is 0 Å². The van der Waals surface area contributed by atoms with Crippen molar-refractivity contribution in [2.45, 2.75) is 30.4 Å². The van der Waals surface area contributed by atoms with Gasteiger partial charge in [-0.1, -0.05) is 0 Å². The summed E-state index contributed by atoms with van der Waals surface area (Å²) in [6.45, 7) is 0. The molecule has 0 aromatic heterocycles. The van der Waals surface area contributed by atoms with Crippen LogP contribution < -0.4 is 0 Å². The van der Waals surface area contributed by atoms with Crippen LogP contribution in [0.25, 0.3) is 0 Å². The van der Waals surface area contributed by atoms with Gasteiger partial charge in [0.05, 0.1) is 0 Å². The maximum atomic E-state index is 11.0. The van der Waals surface area contributed by atoms with Crippen molar-refractivity contribution in [2.75, 3.05) is 0 Å². The summed E-state index contributed by atoms with van der Waals surface area (Å²) in [5, 5.41) is 9.03. The van der Waals surface area contributed by atoms with Gasteiger partial charge in [-0.3, -0.25) is 0 Å². The second kappa shape index (κ2) is 6.47. The van der Waals surface area contributed by atoms with Gasteiger partial charge in [0.1, 0.15) is 0 Å². The van der Waals surface area contributed by atoms with E-state index in [1.807, 2.05) is 0 Å². The summed E-state index contributed by atoms with van der Waals surface area (Å²) >= 11 is 2.12. The van der Waals surface area contributed by atoms with E-state index in [-0.39, 0.29) is 22.3 Å². The van der Waals surface area contributed by atoms with Gasteiger partial charge in [-0.25, -0.2) is 0 Å². The summed E-state index contributed by atoms with van der Waals surface area (Å²) in [5.74, 6) is 0.605. The number of hydrogen-bond acceptors (Lipinski definition) is 1. The zero-order chi connectivity index (χ0) is 8.72. The topological polar surface area (TPSA) is 132 Å². The zero-order valence-electron chi connectivity index (χ0n) is 8.49. The summed E-state index contributed by atoms with van der Waals surface area (Å²) in [7, 11) is 0. The molecule has 3 aliphatic rings. The Morgan fingerprint density at radius 3 is 1.67 bits per heavy atom. The number of rotatable bonds is 1. The molecule has 0 amide bonds. The number of carboxylic acid groups (broad SMARTS) is 1. The monoisotopic (exact) mass is 281 g/mol. The fraction of sp³-hybridized carbons (Fsp3) is 0.889. The Hall–Kier alpha value is -0.107. The van der Waals surface area contributed by atoms with Gasteiger partial charge < -0.3 is 16.4 Å². The van der Waals surface area contributed by atoms with Crippen LogP contribution in [0.1, 0.15) is 25.7 Å². The van der Waals surface area contributed by atoms with E-state index in [1.54, 1.807) is 0 Å². The molecule has 2 atom stereocenters. The van der Waals surface area contributed by atoms with Gasteiger partial charge in [0.15, 0.2) is 0 Å². The van der Waals surface area contributed by atoms with Gasteiger partial charge in [-0.05, 0) is 0 Å². The van der Waals surface area contributed by atoms with Crippen LogP contribution in [-0.4, -0.2) is 44.0 Å². The van der Waals surface area contributed by atoms with Crippen LogP contribution in [0.5, 0.6) is 0 Å². The van der Waals surface area contributed by atoms with Crippen LogP contribution in [-0.2, 0) is 4.79 Å². The van der Waals surface area contributed by atoms with E-state index in [9.17, 15) is 4.79 Å². The molecule has 7 N–H and O–H groups in total. The molecule has 89 valence electrons. The summed E-state index contributed by atoms with van der Waals surface area (Å²) in [4.78, 5) is 11.0. The van der Waals surface area contributed by atoms with Crippen molar-refractivity contribution in [3.63, 3.8) is 0 Å². The van der Waals surface area contributed by atoms with Crippen LogP contribution in [0, 0.1) is 17.8 Å². The molecule has 0 aromatic carbocycles. The third-order valence-corrected chi connectivity index (χ3v) is 5.25. The molecule has 2 bridgehead atoms. The second-order valence-electron chi connectivity index (χ2n) is 4.06. The van der Waals surface area contributed by atoms with Crippen molar-refractivity contribution in [3.8, 4) is 0 Å². The van der Waals surface area contributed by atoms with Crippen LogP contribution in [0.4, 0.5) is 0 Å². The average molecular weight is 280 g/mol. The molecule has 5 nitrogen and oxygen atoms in total. The van der Waals surface area contributed by atoms with E-state index < -0.39 is 5.97 Å². The normalized spacial score (nSPS) is 36.9. The summed E-state index contributed by atoms with van der Waals surface area (Å²) in [5.41, 5.74) is 0. The molecule has 0 spiro atoms. The molecular formula is C9H19GeO5. The number of hydrogen-bond donors (Lipinski definition) is 1. The standard InChI is InChI=1S/C9H13GeO2.3H2O/c10-8-6-3-1-5(2-4-6)7(8)9(11)12;;;/h5-8H,1-4H2,(H,11,12);3*1H2. The van der Waals surface area contributed by atoms with Gasteiger partial charge in [0.25, 0.3) is 0 Å². The molecule has 2 unspecified atom stereocenters. The molecule has 0 saturated heterocycles. The van der Waals surface area contributed by atoms with E-state index >= 15 is 0 Å². The zero-order valence-corrected chi connectivity index (χ0v) is 10.6. The van der Waals surface area contributed by atoms with E-state index in [0.717, 1.165) is 12.8 Å². The average Bonchev–Trinajstić information content (AvgIpc) is 2.05. The van der Waals surface area contributed by atoms with E-state index in [4.69, 9.17) is 5.11 Å². The Balaban J connectivity index is 0. The Labute approximate surface area is 97.4 Å². The third kappa shape index (κ3) is 2.93. The third-order valence-electron chi connectivity index (χ3n) is 3.50. The molecule has 0 heterocycles. The minimum absolute atomic E-state index is 0. The number of carbonyl (C=O) groups is 1. The van der Waals surface area contributed by atoms with Crippen molar-refractivity contribution in [1.82, 2.24) is 0 Å². The number of fused-ring (bicyclic) bond motifs is 3. The molecule has 3 aliphatic carbocycles. The fourth-order valence-corrected chi connectivity index (χ4v) is 4.37. The fourth-order valence-electron chi connectivity index (χ4n) is 2.80. The molecular weight excluding hydrogens is 261 g/mol. The summed E-state index contributed by atoms with van der Waals surface area (Å²) in [6, 6.07) is 0. The summed E-state index contributed by atoms with van der Waals surface area (Å²) in [6.07, 6.45) is 4.86. The molecule has 6 heteroatoms. The van der Waals surface area contributed by atoms with Crippen molar-refractivity contribution in [2.24, 2.45) is 17.8 Å². The van der Waals surface area contributed by atoms with Crippen molar-refractivity contribution in [1.29, 1.82) is 0 Å². The minimum atomic E-state index is -0.558. The Morgan fingerprint density at radius 1 is 1.00 bits per heavy atom. The van der Waals surface area contributed by atoms with E-state index in [2.05, 4.69) is 16.5 Å².